The van der Waals surface area contributed by atoms with E-state index in [2.05, 4.69) is 9.97 Å². The van der Waals surface area contributed by atoms with E-state index in [0.717, 1.165) is 12.1 Å². The van der Waals surface area contributed by atoms with Gasteiger partial charge in [-0.3, -0.25) is 0 Å². The second kappa shape index (κ2) is 4.57. The zero-order chi connectivity index (χ0) is 14.0. The molecule has 0 aliphatic carbocycles. The van der Waals surface area contributed by atoms with Crippen molar-refractivity contribution in [3.8, 4) is 17.5 Å². The summed E-state index contributed by atoms with van der Waals surface area (Å²) in [6.07, 6.45) is -3.15. The van der Waals surface area contributed by atoms with Crippen molar-refractivity contribution in [2.24, 2.45) is 0 Å². The molecule has 0 saturated carbocycles. The zero-order valence-corrected chi connectivity index (χ0v) is 9.44. The highest BCUT2D eigenvalue weighted by Crippen LogP contribution is 2.30. The zero-order valence-electron chi connectivity index (χ0n) is 9.44. The molecule has 1 aromatic heterocycles. The Labute approximate surface area is 106 Å². The number of aromatic nitrogens is 2. The number of anilines is 1. The van der Waals surface area contributed by atoms with Crippen LogP contribution in [0.15, 0.2) is 30.5 Å². The average Bonchev–Trinajstić information content (AvgIpc) is 2.38. The summed E-state index contributed by atoms with van der Waals surface area (Å²) in [5, 5.41) is 8.67. The highest BCUT2D eigenvalue weighted by molar-refractivity contribution is 5.59. The maximum absolute atomic E-state index is 12.4. The molecule has 2 rings (SSSR count). The molecule has 0 aliphatic heterocycles. The van der Waals surface area contributed by atoms with Gasteiger partial charge < -0.3 is 5.73 Å². The van der Waals surface area contributed by atoms with E-state index < -0.39 is 11.7 Å². The summed E-state index contributed by atoms with van der Waals surface area (Å²) in [4.78, 5) is 7.75. The molecule has 0 aliphatic rings. The van der Waals surface area contributed by atoms with Gasteiger partial charge in [-0.05, 0) is 12.1 Å². The minimum atomic E-state index is -4.39. The third-order valence-corrected chi connectivity index (χ3v) is 2.41. The fourth-order valence-corrected chi connectivity index (χ4v) is 1.43. The number of nitrogens with zero attached hydrogens (tertiary/aromatic N) is 3. The Morgan fingerprint density at radius 3 is 2.26 bits per heavy atom. The Kier molecular flexibility index (Phi) is 3.09. The molecular formula is C12H7F3N4. The summed E-state index contributed by atoms with van der Waals surface area (Å²) in [5.74, 6) is 0.164. The summed E-state index contributed by atoms with van der Waals surface area (Å²) in [6, 6.07) is 6.19. The van der Waals surface area contributed by atoms with Gasteiger partial charge in [0.05, 0.1) is 11.8 Å². The molecule has 2 aromatic rings. The predicted octanol–water partition coefficient (Wildman–Crippen LogP) is 2.62. The normalized spacial score (nSPS) is 11.1. The molecule has 2 N–H and O–H groups in total. The van der Waals surface area contributed by atoms with Crippen LogP contribution in [0, 0.1) is 11.3 Å². The molecule has 0 radical (unpaired) electrons. The van der Waals surface area contributed by atoms with Gasteiger partial charge in [0, 0.05) is 5.56 Å². The summed E-state index contributed by atoms with van der Waals surface area (Å²) in [6.45, 7) is 0. The quantitative estimate of drug-likeness (QED) is 0.859. The maximum atomic E-state index is 12.4. The minimum Gasteiger partial charge on any atom is -0.382 e. The molecule has 0 bridgehead atoms. The van der Waals surface area contributed by atoms with Crippen LogP contribution < -0.4 is 5.73 Å². The molecule has 19 heavy (non-hydrogen) atoms. The van der Waals surface area contributed by atoms with Gasteiger partial charge in [0.15, 0.2) is 5.82 Å². The third kappa shape index (κ3) is 2.63. The van der Waals surface area contributed by atoms with Gasteiger partial charge in [-0.25, -0.2) is 9.97 Å². The minimum absolute atomic E-state index is 0.00704. The monoisotopic (exact) mass is 264 g/mol. The number of nitrogens with two attached hydrogens (primary N) is 1. The van der Waals surface area contributed by atoms with Gasteiger partial charge >= 0.3 is 6.18 Å². The van der Waals surface area contributed by atoms with Crippen LogP contribution in [-0.2, 0) is 6.18 Å². The topological polar surface area (TPSA) is 75.6 Å². The number of hydrogen-bond acceptors (Lipinski definition) is 4. The van der Waals surface area contributed by atoms with E-state index in [4.69, 9.17) is 11.0 Å². The van der Waals surface area contributed by atoms with Crippen molar-refractivity contribution < 1.29 is 13.2 Å². The Hall–Kier alpha value is -2.62. The van der Waals surface area contributed by atoms with E-state index in [1.54, 1.807) is 6.07 Å². The van der Waals surface area contributed by atoms with Crippen LogP contribution in [0.4, 0.5) is 19.0 Å². The highest BCUT2D eigenvalue weighted by Gasteiger charge is 2.30. The van der Waals surface area contributed by atoms with Crippen LogP contribution in [0.1, 0.15) is 11.1 Å². The van der Waals surface area contributed by atoms with E-state index >= 15 is 0 Å². The van der Waals surface area contributed by atoms with E-state index in [0.29, 0.717) is 5.56 Å². The molecule has 1 aromatic carbocycles. The largest absolute Gasteiger partial charge is 0.416 e. The molecule has 0 unspecified atom stereocenters. The number of halogens is 3. The average molecular weight is 264 g/mol. The molecule has 7 heteroatoms. The van der Waals surface area contributed by atoms with Crippen LogP contribution in [0.5, 0.6) is 0 Å². The summed E-state index contributed by atoms with van der Waals surface area (Å²) in [7, 11) is 0. The lowest BCUT2D eigenvalue weighted by Crippen LogP contribution is -2.04. The van der Waals surface area contributed by atoms with E-state index in [1.165, 1.54) is 18.3 Å². The lowest BCUT2D eigenvalue weighted by Gasteiger charge is -2.07. The van der Waals surface area contributed by atoms with Crippen molar-refractivity contribution >= 4 is 5.82 Å². The molecule has 0 fully saturated rings. The molecule has 4 nitrogen and oxygen atoms in total. The van der Waals surface area contributed by atoms with Gasteiger partial charge in [-0.1, -0.05) is 12.1 Å². The molecule has 96 valence electrons. The van der Waals surface area contributed by atoms with Crippen molar-refractivity contribution in [3.63, 3.8) is 0 Å². The summed E-state index contributed by atoms with van der Waals surface area (Å²) in [5.41, 5.74) is 5.28. The fourth-order valence-electron chi connectivity index (χ4n) is 1.43. The molecule has 1 heterocycles. The van der Waals surface area contributed by atoms with Crippen LogP contribution in [0.3, 0.4) is 0 Å². The van der Waals surface area contributed by atoms with E-state index in [1.807, 2.05) is 0 Å². The Morgan fingerprint density at radius 2 is 1.79 bits per heavy atom. The maximum Gasteiger partial charge on any atom is 0.416 e. The number of hydrogen-bond donors (Lipinski definition) is 1. The van der Waals surface area contributed by atoms with Crippen molar-refractivity contribution in [2.45, 2.75) is 6.18 Å². The number of rotatable bonds is 1. The van der Waals surface area contributed by atoms with Crippen molar-refractivity contribution in [3.05, 3.63) is 41.6 Å². The van der Waals surface area contributed by atoms with Crippen LogP contribution in [0.25, 0.3) is 11.4 Å². The first-order valence-corrected chi connectivity index (χ1v) is 5.12. The van der Waals surface area contributed by atoms with Gasteiger partial charge in [0.1, 0.15) is 17.5 Å². The smallest absolute Gasteiger partial charge is 0.382 e. The number of benzene rings is 1. The molecule has 0 amide bonds. The van der Waals surface area contributed by atoms with E-state index in [9.17, 15) is 13.2 Å². The number of nitriles is 1. The van der Waals surface area contributed by atoms with Gasteiger partial charge in [0.2, 0.25) is 0 Å². The van der Waals surface area contributed by atoms with Gasteiger partial charge in [0.25, 0.3) is 0 Å². The first-order chi connectivity index (χ1) is 8.91. The number of alkyl halides is 3. The third-order valence-electron chi connectivity index (χ3n) is 2.41. The van der Waals surface area contributed by atoms with Crippen molar-refractivity contribution in [1.82, 2.24) is 9.97 Å². The van der Waals surface area contributed by atoms with Gasteiger partial charge in [-0.15, -0.1) is 0 Å². The molecule has 0 saturated heterocycles. The predicted molar refractivity (Wildman–Crippen MR) is 61.6 cm³/mol. The number of nitrogen functional groups attached to an aromatic ring is 1. The van der Waals surface area contributed by atoms with E-state index in [-0.39, 0.29) is 17.2 Å². The molecule has 0 spiro atoms. The lowest BCUT2D eigenvalue weighted by molar-refractivity contribution is -0.137. The first-order valence-electron chi connectivity index (χ1n) is 5.12. The fraction of sp³-hybridized carbons (Fsp3) is 0.0833. The standard InChI is InChI=1S/C12H7F3N4/c13-12(14,15)9-3-1-7(2-4-9)11-18-6-8(5-16)10(17)19-11/h1-4,6H,(H2,17,18,19). The van der Waals surface area contributed by atoms with Crippen molar-refractivity contribution in [2.75, 3.05) is 5.73 Å². The Morgan fingerprint density at radius 1 is 1.16 bits per heavy atom. The van der Waals surface area contributed by atoms with Crippen LogP contribution >= 0.6 is 0 Å². The second-order valence-electron chi connectivity index (χ2n) is 3.68. The molecular weight excluding hydrogens is 257 g/mol. The first kappa shape index (κ1) is 12.8. The lowest BCUT2D eigenvalue weighted by atomic mass is 10.1. The highest BCUT2D eigenvalue weighted by atomic mass is 19.4. The molecule has 0 atom stereocenters. The van der Waals surface area contributed by atoms with Gasteiger partial charge in [-0.2, -0.15) is 18.4 Å². The Bertz CT molecular complexity index is 642. The SMILES string of the molecule is N#Cc1cnc(-c2ccc(C(F)(F)F)cc2)nc1N. The summed E-state index contributed by atoms with van der Waals surface area (Å²) >= 11 is 0. The van der Waals surface area contributed by atoms with Crippen LogP contribution in [-0.4, -0.2) is 9.97 Å². The second-order valence-corrected chi connectivity index (χ2v) is 3.68. The Balaban J connectivity index is 2.38. The van der Waals surface area contributed by atoms with Crippen molar-refractivity contribution in [1.29, 1.82) is 5.26 Å². The van der Waals surface area contributed by atoms with Crippen LogP contribution in [0.2, 0.25) is 0 Å². The summed E-state index contributed by atoms with van der Waals surface area (Å²) < 4.78 is 37.2.